The van der Waals surface area contributed by atoms with Crippen molar-refractivity contribution >= 4 is 23.3 Å². The molecule has 0 heterocycles. The first-order valence-corrected chi connectivity index (χ1v) is 7.15. The molecule has 3 amide bonds. The number of nitrogens with one attached hydrogen (secondary N) is 3. The second kappa shape index (κ2) is 9.01. The van der Waals surface area contributed by atoms with Crippen LogP contribution in [0.2, 0.25) is 0 Å². The summed E-state index contributed by atoms with van der Waals surface area (Å²) in [4.78, 5) is 23.4. The van der Waals surface area contributed by atoms with Gasteiger partial charge in [0.1, 0.15) is 0 Å². The van der Waals surface area contributed by atoms with Crippen LogP contribution in [0.25, 0.3) is 0 Å². The van der Waals surface area contributed by atoms with E-state index < -0.39 is 0 Å². The molecule has 122 valence electrons. The zero-order valence-electron chi connectivity index (χ0n) is 13.2. The standard InChI is InChI=1S/C15H24N4O3/c1-10(2)17-15(21)19-12-6-4-11(5-7-12)18-14(20)8-13(9-16)22-3/h4-7,10,13H,8-9,16H2,1-3H3,(H,18,20)(H2,17,19,21). The van der Waals surface area contributed by atoms with Crippen molar-refractivity contribution < 1.29 is 14.3 Å². The molecule has 0 fully saturated rings. The highest BCUT2D eigenvalue weighted by Crippen LogP contribution is 2.14. The first-order valence-electron chi connectivity index (χ1n) is 7.15. The topological polar surface area (TPSA) is 105 Å². The molecule has 7 heteroatoms. The van der Waals surface area contributed by atoms with Gasteiger partial charge in [-0.1, -0.05) is 0 Å². The number of rotatable bonds is 7. The van der Waals surface area contributed by atoms with Gasteiger partial charge in [-0.25, -0.2) is 4.79 Å². The Balaban J connectivity index is 2.51. The third kappa shape index (κ3) is 6.55. The van der Waals surface area contributed by atoms with Gasteiger partial charge in [0.15, 0.2) is 0 Å². The van der Waals surface area contributed by atoms with E-state index >= 15 is 0 Å². The van der Waals surface area contributed by atoms with Gasteiger partial charge in [-0.3, -0.25) is 4.79 Å². The Hall–Kier alpha value is -2.12. The van der Waals surface area contributed by atoms with E-state index in [1.165, 1.54) is 7.11 Å². The molecule has 0 saturated heterocycles. The van der Waals surface area contributed by atoms with E-state index in [4.69, 9.17) is 10.5 Å². The second-order valence-corrected chi connectivity index (χ2v) is 5.18. The quantitative estimate of drug-likeness (QED) is 0.613. The predicted molar refractivity (Wildman–Crippen MR) is 86.8 cm³/mol. The first kappa shape index (κ1) is 17.9. The van der Waals surface area contributed by atoms with Crippen LogP contribution in [0.1, 0.15) is 20.3 Å². The Morgan fingerprint density at radius 3 is 2.14 bits per heavy atom. The molecule has 0 aliphatic rings. The number of benzene rings is 1. The maximum Gasteiger partial charge on any atom is 0.319 e. The molecule has 0 aromatic heterocycles. The molecule has 0 saturated carbocycles. The van der Waals surface area contributed by atoms with E-state index in [0.29, 0.717) is 11.4 Å². The third-order valence-electron chi connectivity index (χ3n) is 2.86. The summed E-state index contributed by atoms with van der Waals surface area (Å²) in [6, 6.07) is 6.66. The van der Waals surface area contributed by atoms with Crippen LogP contribution in [0.4, 0.5) is 16.2 Å². The molecular formula is C15H24N4O3. The van der Waals surface area contributed by atoms with Gasteiger partial charge < -0.3 is 26.4 Å². The summed E-state index contributed by atoms with van der Waals surface area (Å²) in [6.07, 6.45) is -0.0928. The summed E-state index contributed by atoms with van der Waals surface area (Å²) in [5.74, 6) is -0.171. The van der Waals surface area contributed by atoms with Gasteiger partial charge >= 0.3 is 6.03 Å². The number of ether oxygens (including phenoxy) is 1. The molecule has 1 unspecified atom stereocenters. The van der Waals surface area contributed by atoms with Crippen LogP contribution in [0.15, 0.2) is 24.3 Å². The minimum absolute atomic E-state index is 0.0647. The number of hydrogen-bond acceptors (Lipinski definition) is 4. The number of amides is 3. The van der Waals surface area contributed by atoms with E-state index in [-0.39, 0.29) is 37.0 Å². The molecule has 1 aromatic rings. The maximum absolute atomic E-state index is 11.8. The highest BCUT2D eigenvalue weighted by atomic mass is 16.5. The lowest BCUT2D eigenvalue weighted by atomic mass is 10.2. The van der Waals surface area contributed by atoms with Crippen molar-refractivity contribution in [3.8, 4) is 0 Å². The number of methoxy groups -OCH3 is 1. The Morgan fingerprint density at radius 1 is 1.14 bits per heavy atom. The van der Waals surface area contributed by atoms with Crippen LogP contribution in [-0.2, 0) is 9.53 Å². The highest BCUT2D eigenvalue weighted by molar-refractivity contribution is 5.92. The molecule has 0 aliphatic carbocycles. The van der Waals surface area contributed by atoms with Gasteiger partial charge in [0, 0.05) is 31.1 Å². The largest absolute Gasteiger partial charge is 0.380 e. The van der Waals surface area contributed by atoms with E-state index in [1.54, 1.807) is 24.3 Å². The minimum Gasteiger partial charge on any atom is -0.380 e. The van der Waals surface area contributed by atoms with Crippen molar-refractivity contribution in [2.75, 3.05) is 24.3 Å². The van der Waals surface area contributed by atoms with E-state index in [9.17, 15) is 9.59 Å². The summed E-state index contributed by atoms with van der Waals surface area (Å²) in [5.41, 5.74) is 6.77. The van der Waals surface area contributed by atoms with Crippen LogP contribution in [0.3, 0.4) is 0 Å². The third-order valence-corrected chi connectivity index (χ3v) is 2.86. The van der Waals surface area contributed by atoms with Gasteiger partial charge in [-0.05, 0) is 38.1 Å². The smallest absolute Gasteiger partial charge is 0.319 e. The Morgan fingerprint density at radius 2 is 1.68 bits per heavy atom. The minimum atomic E-state index is -0.291. The van der Waals surface area contributed by atoms with Crippen LogP contribution in [0.5, 0.6) is 0 Å². The van der Waals surface area contributed by atoms with Crippen LogP contribution < -0.4 is 21.7 Å². The number of hydrogen-bond donors (Lipinski definition) is 4. The van der Waals surface area contributed by atoms with Crippen molar-refractivity contribution in [1.29, 1.82) is 0 Å². The van der Waals surface area contributed by atoms with E-state index in [1.807, 2.05) is 13.8 Å². The van der Waals surface area contributed by atoms with Crippen LogP contribution >= 0.6 is 0 Å². The molecule has 7 nitrogen and oxygen atoms in total. The maximum atomic E-state index is 11.8. The van der Waals surface area contributed by atoms with Crippen molar-refractivity contribution in [3.63, 3.8) is 0 Å². The number of urea groups is 1. The highest BCUT2D eigenvalue weighted by Gasteiger charge is 2.11. The van der Waals surface area contributed by atoms with Gasteiger partial charge in [-0.2, -0.15) is 0 Å². The molecule has 1 atom stereocenters. The molecule has 22 heavy (non-hydrogen) atoms. The normalized spacial score (nSPS) is 11.9. The number of carbonyl (C=O) groups is 2. The number of carbonyl (C=O) groups excluding carboxylic acids is 2. The molecule has 5 N–H and O–H groups in total. The zero-order valence-corrected chi connectivity index (χ0v) is 13.2. The van der Waals surface area contributed by atoms with E-state index in [0.717, 1.165) is 0 Å². The summed E-state index contributed by atoms with van der Waals surface area (Å²) < 4.78 is 5.06. The fourth-order valence-electron chi connectivity index (χ4n) is 1.75. The summed E-state index contributed by atoms with van der Waals surface area (Å²) in [7, 11) is 1.52. The lowest BCUT2D eigenvalue weighted by Crippen LogP contribution is -2.34. The molecule has 1 aromatic carbocycles. The van der Waals surface area contributed by atoms with Crippen molar-refractivity contribution in [1.82, 2.24) is 5.32 Å². The molecule has 0 bridgehead atoms. The number of anilines is 2. The van der Waals surface area contributed by atoms with Gasteiger partial charge in [0.05, 0.1) is 12.5 Å². The SMILES string of the molecule is COC(CN)CC(=O)Nc1ccc(NC(=O)NC(C)C)cc1. The van der Waals surface area contributed by atoms with E-state index in [2.05, 4.69) is 16.0 Å². The molecule has 0 spiro atoms. The average molecular weight is 308 g/mol. The fraction of sp³-hybridized carbons (Fsp3) is 0.467. The van der Waals surface area contributed by atoms with Crippen LogP contribution in [-0.4, -0.2) is 37.7 Å². The first-order chi connectivity index (χ1) is 10.4. The summed E-state index contributed by atoms with van der Waals surface area (Å²) in [5, 5.41) is 8.18. The lowest BCUT2D eigenvalue weighted by molar-refractivity contribution is -0.118. The predicted octanol–water partition coefficient (Wildman–Crippen LogP) is 1.52. The zero-order chi connectivity index (χ0) is 16.5. The van der Waals surface area contributed by atoms with Crippen molar-refractivity contribution in [2.45, 2.75) is 32.4 Å². The Labute approximate surface area is 130 Å². The molecule has 0 aliphatic heterocycles. The lowest BCUT2D eigenvalue weighted by Gasteiger charge is -2.13. The molecular weight excluding hydrogens is 284 g/mol. The number of nitrogens with two attached hydrogens (primary N) is 1. The van der Waals surface area contributed by atoms with Gasteiger partial charge in [0.25, 0.3) is 0 Å². The van der Waals surface area contributed by atoms with Crippen LogP contribution in [0, 0.1) is 0 Å². The monoisotopic (exact) mass is 308 g/mol. The van der Waals surface area contributed by atoms with Crippen molar-refractivity contribution in [2.24, 2.45) is 5.73 Å². The fourth-order valence-corrected chi connectivity index (χ4v) is 1.75. The van der Waals surface area contributed by atoms with Gasteiger partial charge in [0.2, 0.25) is 5.91 Å². The molecule has 1 rings (SSSR count). The molecule has 0 radical (unpaired) electrons. The summed E-state index contributed by atoms with van der Waals surface area (Å²) >= 11 is 0. The average Bonchev–Trinajstić information content (AvgIpc) is 2.46. The van der Waals surface area contributed by atoms with Crippen molar-refractivity contribution in [3.05, 3.63) is 24.3 Å². The Bertz CT molecular complexity index is 484. The second-order valence-electron chi connectivity index (χ2n) is 5.18. The van der Waals surface area contributed by atoms with Gasteiger partial charge in [-0.15, -0.1) is 0 Å². The Kier molecular flexibility index (Phi) is 7.34. The summed E-state index contributed by atoms with van der Waals surface area (Å²) in [6.45, 7) is 4.05.